The first-order valence-electron chi connectivity index (χ1n) is 7.37. The van der Waals surface area contributed by atoms with E-state index in [0.717, 1.165) is 0 Å². The Kier molecular flexibility index (Phi) is 6.40. The maximum absolute atomic E-state index is 12.2. The number of nitrogens with one attached hydrogen (secondary N) is 2. The van der Waals surface area contributed by atoms with E-state index in [9.17, 15) is 13.2 Å². The maximum atomic E-state index is 12.2. The number of halogens is 1. The van der Waals surface area contributed by atoms with Crippen LogP contribution in [0.1, 0.15) is 11.5 Å². The number of sulfonamides is 1. The van der Waals surface area contributed by atoms with Crippen molar-refractivity contribution < 1.29 is 22.5 Å². The van der Waals surface area contributed by atoms with Crippen LogP contribution in [0.5, 0.6) is 5.75 Å². The van der Waals surface area contributed by atoms with E-state index in [2.05, 4.69) is 15.2 Å². The number of hydrogen-bond donors (Lipinski definition) is 2. The highest BCUT2D eigenvalue weighted by Crippen LogP contribution is 2.18. The molecular formula is C15H18ClN3O5S. The SMILES string of the molecule is Cc1noc(C)c1S(=O)(=O)NCCNC(=O)COc1ccc(Cl)cc1. The number of benzene rings is 1. The van der Waals surface area contributed by atoms with Gasteiger partial charge in [0.2, 0.25) is 10.0 Å². The van der Waals surface area contributed by atoms with Crippen LogP contribution in [-0.4, -0.2) is 39.2 Å². The molecule has 1 amide bonds. The molecular weight excluding hydrogens is 370 g/mol. The average Bonchev–Trinajstić information content (AvgIpc) is 2.90. The van der Waals surface area contributed by atoms with E-state index in [1.165, 1.54) is 6.92 Å². The Hall–Kier alpha value is -2.10. The fourth-order valence-electron chi connectivity index (χ4n) is 2.05. The Bertz CT molecular complexity index is 814. The molecule has 1 aromatic carbocycles. The van der Waals surface area contributed by atoms with Gasteiger partial charge in [-0.2, -0.15) is 0 Å². The second-order valence-corrected chi connectivity index (χ2v) is 7.28. The van der Waals surface area contributed by atoms with Crippen LogP contribution in [0, 0.1) is 13.8 Å². The van der Waals surface area contributed by atoms with Crippen molar-refractivity contribution in [2.75, 3.05) is 19.7 Å². The van der Waals surface area contributed by atoms with E-state index >= 15 is 0 Å². The van der Waals surface area contributed by atoms with E-state index in [1.807, 2.05) is 0 Å². The van der Waals surface area contributed by atoms with Gasteiger partial charge in [-0.3, -0.25) is 4.79 Å². The molecule has 0 saturated carbocycles. The van der Waals surface area contributed by atoms with Crippen molar-refractivity contribution in [1.82, 2.24) is 15.2 Å². The monoisotopic (exact) mass is 387 g/mol. The third-order valence-corrected chi connectivity index (χ3v) is 5.12. The van der Waals surface area contributed by atoms with Crippen molar-refractivity contribution in [2.45, 2.75) is 18.7 Å². The van der Waals surface area contributed by atoms with Crippen molar-refractivity contribution in [1.29, 1.82) is 0 Å². The molecule has 136 valence electrons. The standard InChI is InChI=1S/C15H18ClN3O5S/c1-10-15(11(2)24-19-10)25(21,22)18-8-7-17-14(20)9-23-13-5-3-12(16)4-6-13/h3-6,18H,7-9H2,1-2H3,(H,17,20). The zero-order valence-corrected chi connectivity index (χ0v) is 15.3. The summed E-state index contributed by atoms with van der Waals surface area (Å²) in [6.45, 7) is 3.02. The number of rotatable bonds is 8. The van der Waals surface area contributed by atoms with E-state index in [0.29, 0.717) is 10.8 Å². The number of nitrogens with zero attached hydrogens (tertiary/aromatic N) is 1. The molecule has 1 aromatic heterocycles. The Morgan fingerprint density at radius 3 is 2.52 bits per heavy atom. The van der Waals surface area contributed by atoms with Crippen molar-refractivity contribution >= 4 is 27.5 Å². The van der Waals surface area contributed by atoms with Crippen LogP contribution in [-0.2, 0) is 14.8 Å². The Labute approximate surface area is 150 Å². The maximum Gasteiger partial charge on any atom is 0.257 e. The van der Waals surface area contributed by atoms with Crippen molar-refractivity contribution in [3.05, 3.63) is 40.7 Å². The van der Waals surface area contributed by atoms with Crippen molar-refractivity contribution in [3.63, 3.8) is 0 Å². The second-order valence-electron chi connectivity index (χ2n) is 5.14. The number of hydrogen-bond acceptors (Lipinski definition) is 6. The normalized spacial score (nSPS) is 11.3. The highest BCUT2D eigenvalue weighted by atomic mass is 35.5. The van der Waals surface area contributed by atoms with Crippen molar-refractivity contribution in [2.24, 2.45) is 0 Å². The lowest BCUT2D eigenvalue weighted by Gasteiger charge is -2.09. The molecule has 8 nitrogen and oxygen atoms in total. The van der Waals surface area contributed by atoms with E-state index in [1.54, 1.807) is 31.2 Å². The summed E-state index contributed by atoms with van der Waals surface area (Å²) in [7, 11) is -3.74. The summed E-state index contributed by atoms with van der Waals surface area (Å²) < 4.78 is 36.8. The molecule has 1 heterocycles. The van der Waals surface area contributed by atoms with Crippen LogP contribution in [0.3, 0.4) is 0 Å². The molecule has 0 aliphatic heterocycles. The summed E-state index contributed by atoms with van der Waals surface area (Å²) in [6, 6.07) is 6.59. The van der Waals surface area contributed by atoms with E-state index in [-0.39, 0.29) is 42.0 Å². The predicted octanol–water partition coefficient (Wildman–Crippen LogP) is 1.42. The minimum Gasteiger partial charge on any atom is -0.484 e. The van der Waals surface area contributed by atoms with Crippen LogP contribution in [0.15, 0.2) is 33.7 Å². The largest absolute Gasteiger partial charge is 0.484 e. The summed E-state index contributed by atoms with van der Waals surface area (Å²) in [4.78, 5) is 11.7. The van der Waals surface area contributed by atoms with Crippen molar-refractivity contribution in [3.8, 4) is 5.75 Å². The summed E-state index contributed by atoms with van der Waals surface area (Å²) in [5, 5.41) is 6.74. The first-order chi connectivity index (χ1) is 11.8. The zero-order valence-electron chi connectivity index (χ0n) is 13.7. The van der Waals surface area contributed by atoms with Gasteiger partial charge < -0.3 is 14.6 Å². The third-order valence-electron chi connectivity index (χ3n) is 3.16. The molecule has 0 fully saturated rings. The number of ether oxygens (including phenoxy) is 1. The lowest BCUT2D eigenvalue weighted by molar-refractivity contribution is -0.123. The molecule has 2 aromatic rings. The Balaban J connectivity index is 1.73. The third kappa shape index (κ3) is 5.45. The molecule has 2 N–H and O–H groups in total. The van der Waals surface area contributed by atoms with E-state index < -0.39 is 10.0 Å². The van der Waals surface area contributed by atoms with Crippen LogP contribution < -0.4 is 14.8 Å². The minimum atomic E-state index is -3.74. The summed E-state index contributed by atoms with van der Waals surface area (Å²) in [5.74, 6) is 0.357. The molecule has 25 heavy (non-hydrogen) atoms. The fourth-order valence-corrected chi connectivity index (χ4v) is 3.53. The number of amides is 1. The van der Waals surface area contributed by atoms with Crippen LogP contribution >= 0.6 is 11.6 Å². The van der Waals surface area contributed by atoms with Gasteiger partial charge in [-0.05, 0) is 38.1 Å². The van der Waals surface area contributed by atoms with Crippen LogP contribution in [0.4, 0.5) is 0 Å². The molecule has 10 heteroatoms. The first kappa shape index (κ1) is 19.2. The second kappa shape index (κ2) is 8.32. The molecule has 0 aliphatic carbocycles. The lowest BCUT2D eigenvalue weighted by Crippen LogP contribution is -2.37. The highest BCUT2D eigenvalue weighted by molar-refractivity contribution is 7.89. The summed E-state index contributed by atoms with van der Waals surface area (Å²) >= 11 is 5.75. The number of carbonyl (C=O) groups is 1. The number of carbonyl (C=O) groups excluding carboxylic acids is 1. The lowest BCUT2D eigenvalue weighted by atomic mass is 10.3. The van der Waals surface area contributed by atoms with Gasteiger partial charge >= 0.3 is 0 Å². The van der Waals surface area contributed by atoms with E-state index in [4.69, 9.17) is 20.9 Å². The van der Waals surface area contributed by atoms with Gasteiger partial charge in [0.1, 0.15) is 16.3 Å². The quantitative estimate of drug-likeness (QED) is 0.663. The topological polar surface area (TPSA) is 111 Å². The smallest absolute Gasteiger partial charge is 0.257 e. The fraction of sp³-hybridized carbons (Fsp3) is 0.333. The molecule has 2 rings (SSSR count). The Morgan fingerprint density at radius 2 is 1.92 bits per heavy atom. The first-order valence-corrected chi connectivity index (χ1v) is 9.23. The average molecular weight is 388 g/mol. The van der Waals surface area contributed by atoms with Gasteiger partial charge in [-0.25, -0.2) is 13.1 Å². The number of aryl methyl sites for hydroxylation is 2. The van der Waals surface area contributed by atoms with Gasteiger partial charge in [0.25, 0.3) is 5.91 Å². The Morgan fingerprint density at radius 1 is 1.24 bits per heavy atom. The molecule has 0 saturated heterocycles. The number of aromatic nitrogens is 1. The molecule has 0 atom stereocenters. The van der Waals surface area contributed by atoms with Gasteiger partial charge in [0.05, 0.1) is 0 Å². The summed E-state index contributed by atoms with van der Waals surface area (Å²) in [5.41, 5.74) is 0.283. The van der Waals surface area contributed by atoms with Gasteiger partial charge in [-0.15, -0.1) is 0 Å². The predicted molar refractivity (Wildman–Crippen MR) is 91.1 cm³/mol. The van der Waals surface area contributed by atoms with Gasteiger partial charge in [0, 0.05) is 18.1 Å². The zero-order chi connectivity index (χ0) is 18.4. The molecule has 0 unspecified atom stereocenters. The van der Waals surface area contributed by atoms with Crippen LogP contribution in [0.2, 0.25) is 5.02 Å². The molecule has 0 spiro atoms. The molecule has 0 bridgehead atoms. The molecule has 0 aliphatic rings. The summed E-state index contributed by atoms with van der Waals surface area (Å²) in [6.07, 6.45) is 0. The van der Waals surface area contributed by atoms with Crippen LogP contribution in [0.25, 0.3) is 0 Å². The minimum absolute atomic E-state index is 0.0184. The molecule has 0 radical (unpaired) electrons. The van der Waals surface area contributed by atoms with Gasteiger partial charge in [-0.1, -0.05) is 16.8 Å². The highest BCUT2D eigenvalue weighted by Gasteiger charge is 2.23. The van der Waals surface area contributed by atoms with Gasteiger partial charge in [0.15, 0.2) is 12.4 Å².